The molecule has 1 aromatic heterocycles. The van der Waals surface area contributed by atoms with Gasteiger partial charge in [-0.25, -0.2) is 0 Å². The van der Waals surface area contributed by atoms with Crippen LogP contribution in [0.25, 0.3) is 11.4 Å². The Morgan fingerprint density at radius 2 is 2.00 bits per heavy atom. The average molecular weight is 461 g/mol. The number of carbonyl (C=O) groups excluding carboxylic acids is 1. The Morgan fingerprint density at radius 3 is 2.73 bits per heavy atom. The Morgan fingerprint density at radius 1 is 1.18 bits per heavy atom. The highest BCUT2D eigenvalue weighted by molar-refractivity contribution is 5.79. The third-order valence-corrected chi connectivity index (χ3v) is 5.38. The van der Waals surface area contributed by atoms with Crippen molar-refractivity contribution in [2.45, 2.75) is 38.5 Å². The minimum Gasteiger partial charge on any atom is -0.493 e. The van der Waals surface area contributed by atoms with Gasteiger partial charge in [-0.1, -0.05) is 17.3 Å². The lowest BCUT2D eigenvalue weighted by atomic mass is 10.1. The van der Waals surface area contributed by atoms with Crippen LogP contribution in [0.2, 0.25) is 0 Å². The zero-order valence-electron chi connectivity index (χ0n) is 18.1. The van der Waals surface area contributed by atoms with E-state index in [-0.39, 0.29) is 24.8 Å². The summed E-state index contributed by atoms with van der Waals surface area (Å²) in [6, 6.07) is 9.66. The first-order valence-corrected chi connectivity index (χ1v) is 10.4. The van der Waals surface area contributed by atoms with Crippen LogP contribution in [0.5, 0.6) is 11.5 Å². The van der Waals surface area contributed by atoms with Crippen LogP contribution in [0.1, 0.15) is 42.8 Å². The topological polar surface area (TPSA) is 77.7 Å². The van der Waals surface area contributed by atoms with Crippen LogP contribution < -0.4 is 9.47 Å². The van der Waals surface area contributed by atoms with Crippen LogP contribution >= 0.6 is 0 Å². The van der Waals surface area contributed by atoms with Gasteiger partial charge in [-0.2, -0.15) is 18.2 Å². The molecule has 0 radical (unpaired) electrons. The summed E-state index contributed by atoms with van der Waals surface area (Å²) in [5, 5.41) is 4.03. The molecule has 1 aliphatic heterocycles. The molecule has 3 aromatic rings. The quantitative estimate of drug-likeness (QED) is 0.491. The maximum atomic E-state index is 13.1. The predicted molar refractivity (Wildman–Crippen MR) is 111 cm³/mol. The minimum atomic E-state index is -4.45. The van der Waals surface area contributed by atoms with Gasteiger partial charge >= 0.3 is 6.18 Å². The summed E-state index contributed by atoms with van der Waals surface area (Å²) >= 11 is 0. The SMILES string of the molecule is CCOc1ccc(-c2noc(C3CCC(=O)N3Cc3cccc(C(F)(F)F)c3)n2)cc1OC. The molecule has 2 heterocycles. The van der Waals surface area contributed by atoms with Crippen molar-refractivity contribution in [1.29, 1.82) is 0 Å². The van der Waals surface area contributed by atoms with Crippen molar-refractivity contribution < 1.29 is 32.0 Å². The van der Waals surface area contributed by atoms with Gasteiger partial charge in [0.25, 0.3) is 0 Å². The van der Waals surface area contributed by atoms with Crippen molar-refractivity contribution in [2.75, 3.05) is 13.7 Å². The lowest BCUT2D eigenvalue weighted by molar-refractivity contribution is -0.137. The number of aromatic nitrogens is 2. The van der Waals surface area contributed by atoms with E-state index < -0.39 is 17.8 Å². The molecule has 1 unspecified atom stereocenters. The fourth-order valence-electron chi connectivity index (χ4n) is 3.80. The van der Waals surface area contributed by atoms with Crippen LogP contribution in [0, 0.1) is 0 Å². The number of amides is 1. The van der Waals surface area contributed by atoms with E-state index >= 15 is 0 Å². The van der Waals surface area contributed by atoms with Gasteiger partial charge in [0.2, 0.25) is 17.6 Å². The second-order valence-electron chi connectivity index (χ2n) is 7.53. The number of hydrogen-bond donors (Lipinski definition) is 0. The van der Waals surface area contributed by atoms with Gasteiger partial charge in [0.15, 0.2) is 11.5 Å². The second-order valence-corrected chi connectivity index (χ2v) is 7.53. The van der Waals surface area contributed by atoms with Gasteiger partial charge in [0, 0.05) is 18.5 Å². The van der Waals surface area contributed by atoms with Crippen LogP contribution in [-0.2, 0) is 17.5 Å². The molecule has 0 N–H and O–H groups in total. The van der Waals surface area contributed by atoms with Crippen molar-refractivity contribution in [3.05, 3.63) is 59.5 Å². The molecule has 0 aliphatic carbocycles. The number of ether oxygens (including phenoxy) is 2. The number of alkyl halides is 3. The van der Waals surface area contributed by atoms with Gasteiger partial charge in [0.1, 0.15) is 6.04 Å². The summed E-state index contributed by atoms with van der Waals surface area (Å²) in [6.45, 7) is 2.37. The molecule has 1 fully saturated rings. The van der Waals surface area contributed by atoms with Crippen molar-refractivity contribution in [3.63, 3.8) is 0 Å². The zero-order valence-corrected chi connectivity index (χ0v) is 18.1. The smallest absolute Gasteiger partial charge is 0.416 e. The molecule has 1 saturated heterocycles. The van der Waals surface area contributed by atoms with E-state index in [1.54, 1.807) is 24.3 Å². The van der Waals surface area contributed by atoms with E-state index in [2.05, 4.69) is 10.1 Å². The minimum absolute atomic E-state index is 0.0159. The monoisotopic (exact) mass is 461 g/mol. The van der Waals surface area contributed by atoms with Crippen LogP contribution in [-0.4, -0.2) is 34.7 Å². The highest BCUT2D eigenvalue weighted by Gasteiger charge is 2.37. The van der Waals surface area contributed by atoms with Crippen molar-refractivity contribution >= 4 is 5.91 Å². The number of halogens is 3. The summed E-state index contributed by atoms with van der Waals surface area (Å²) in [4.78, 5) is 18.4. The molecule has 7 nitrogen and oxygen atoms in total. The molecule has 1 amide bonds. The lowest BCUT2D eigenvalue weighted by Crippen LogP contribution is -2.27. The largest absolute Gasteiger partial charge is 0.493 e. The standard InChI is InChI=1S/C23H22F3N3O4/c1-3-32-18-9-7-15(12-19(18)31-2)21-27-22(33-28-21)17-8-10-20(30)29(17)13-14-5-4-6-16(11-14)23(24,25)26/h4-7,9,11-12,17H,3,8,10,13H2,1-2H3. The highest BCUT2D eigenvalue weighted by Crippen LogP contribution is 2.36. The van der Waals surface area contributed by atoms with E-state index in [1.165, 1.54) is 18.1 Å². The number of nitrogens with zero attached hydrogens (tertiary/aromatic N) is 3. The number of hydrogen-bond acceptors (Lipinski definition) is 6. The van der Waals surface area contributed by atoms with E-state index in [0.717, 1.165) is 12.1 Å². The van der Waals surface area contributed by atoms with Gasteiger partial charge in [-0.15, -0.1) is 0 Å². The highest BCUT2D eigenvalue weighted by atomic mass is 19.4. The summed E-state index contributed by atoms with van der Waals surface area (Å²) < 4.78 is 55.5. The molecule has 174 valence electrons. The van der Waals surface area contributed by atoms with E-state index in [0.29, 0.717) is 41.5 Å². The first-order valence-electron chi connectivity index (χ1n) is 10.4. The number of rotatable bonds is 7. The fraction of sp³-hybridized carbons (Fsp3) is 0.348. The Kier molecular flexibility index (Phi) is 6.26. The molecule has 0 spiro atoms. The summed E-state index contributed by atoms with van der Waals surface area (Å²) in [6.07, 6.45) is -3.77. The molecular weight excluding hydrogens is 439 g/mol. The van der Waals surface area contributed by atoms with E-state index in [9.17, 15) is 18.0 Å². The summed E-state index contributed by atoms with van der Waals surface area (Å²) in [5.41, 5.74) is 0.257. The van der Waals surface area contributed by atoms with Gasteiger partial charge in [0.05, 0.1) is 19.3 Å². The maximum Gasteiger partial charge on any atom is 0.416 e. The Bertz CT molecular complexity index is 1150. The molecular formula is C23H22F3N3O4. The third kappa shape index (κ3) is 4.79. The molecule has 33 heavy (non-hydrogen) atoms. The maximum absolute atomic E-state index is 13.1. The number of carbonyl (C=O) groups is 1. The molecule has 0 bridgehead atoms. The van der Waals surface area contributed by atoms with Crippen LogP contribution in [0.3, 0.4) is 0 Å². The third-order valence-electron chi connectivity index (χ3n) is 5.38. The molecule has 1 aliphatic rings. The molecule has 2 aromatic carbocycles. The van der Waals surface area contributed by atoms with Crippen molar-refractivity contribution in [1.82, 2.24) is 15.0 Å². The Hall–Kier alpha value is -3.56. The molecule has 4 rings (SSSR count). The lowest BCUT2D eigenvalue weighted by Gasteiger charge is -2.22. The van der Waals surface area contributed by atoms with Crippen molar-refractivity contribution in [2.24, 2.45) is 0 Å². The van der Waals surface area contributed by atoms with E-state index in [4.69, 9.17) is 14.0 Å². The first-order chi connectivity index (χ1) is 15.8. The van der Waals surface area contributed by atoms with Crippen molar-refractivity contribution in [3.8, 4) is 22.9 Å². The van der Waals surface area contributed by atoms with E-state index in [1.807, 2.05) is 6.92 Å². The molecule has 10 heteroatoms. The summed E-state index contributed by atoms with van der Waals surface area (Å²) in [5.74, 6) is 1.46. The van der Waals surface area contributed by atoms with Gasteiger partial charge in [-0.3, -0.25) is 4.79 Å². The van der Waals surface area contributed by atoms with Crippen LogP contribution in [0.15, 0.2) is 47.0 Å². The van der Waals surface area contributed by atoms with Crippen LogP contribution in [0.4, 0.5) is 13.2 Å². The predicted octanol–water partition coefficient (Wildman–Crippen LogP) is 5.03. The molecule has 1 atom stereocenters. The normalized spacial score (nSPS) is 16.3. The zero-order chi connectivity index (χ0) is 23.6. The Labute approximate surface area is 188 Å². The van der Waals surface area contributed by atoms with Gasteiger partial charge < -0.3 is 18.9 Å². The average Bonchev–Trinajstić information content (AvgIpc) is 3.41. The number of benzene rings is 2. The first kappa shape index (κ1) is 22.6. The fourth-order valence-corrected chi connectivity index (χ4v) is 3.80. The number of likely N-dealkylation sites (tertiary alicyclic amines) is 1. The Balaban J connectivity index is 1.57. The second kappa shape index (κ2) is 9.13. The molecule has 0 saturated carbocycles. The number of methoxy groups -OCH3 is 1. The van der Waals surface area contributed by atoms with Gasteiger partial charge in [-0.05, 0) is 49.2 Å². The summed E-state index contributed by atoms with van der Waals surface area (Å²) in [7, 11) is 1.53.